The van der Waals surface area contributed by atoms with Crippen LogP contribution in [0, 0.1) is 0 Å². The monoisotopic (exact) mass is 361 g/mol. The second-order valence-corrected chi connectivity index (χ2v) is 6.65. The van der Waals surface area contributed by atoms with Crippen molar-refractivity contribution >= 4 is 17.7 Å². The zero-order valence-electron chi connectivity index (χ0n) is 15.5. The summed E-state index contributed by atoms with van der Waals surface area (Å²) < 4.78 is 10.6. The van der Waals surface area contributed by atoms with E-state index in [9.17, 15) is 14.4 Å². The number of hydrogen-bond donors (Lipinski definition) is 1. The standard InChI is InChI=1S/C20H27NO5/c1-14(22)16-8-10-18(11-9-16)25-13-12-19(23)26-15(2)20(24)21-17-6-4-3-5-7-17/h8-11,15,17H,3-7,12-13H2,1-2H3,(H,21,24). The summed E-state index contributed by atoms with van der Waals surface area (Å²) in [5, 5.41) is 2.95. The SMILES string of the molecule is CC(=O)c1ccc(OCCC(=O)OC(C)C(=O)NC2CCCCC2)cc1. The number of benzene rings is 1. The molecule has 6 heteroatoms. The summed E-state index contributed by atoms with van der Waals surface area (Å²) in [6.07, 6.45) is 4.70. The van der Waals surface area contributed by atoms with Crippen molar-refractivity contribution in [2.45, 2.75) is 64.5 Å². The Hall–Kier alpha value is -2.37. The fraction of sp³-hybridized carbons (Fsp3) is 0.550. The second-order valence-electron chi connectivity index (χ2n) is 6.65. The molecular weight excluding hydrogens is 334 g/mol. The van der Waals surface area contributed by atoms with Gasteiger partial charge in [0.25, 0.3) is 5.91 Å². The van der Waals surface area contributed by atoms with Gasteiger partial charge in [-0.3, -0.25) is 14.4 Å². The largest absolute Gasteiger partial charge is 0.493 e. The number of nitrogens with one attached hydrogen (secondary N) is 1. The van der Waals surface area contributed by atoms with E-state index in [0.717, 1.165) is 25.7 Å². The van der Waals surface area contributed by atoms with Gasteiger partial charge in [0.1, 0.15) is 5.75 Å². The molecule has 1 amide bonds. The summed E-state index contributed by atoms with van der Waals surface area (Å²) in [4.78, 5) is 35.1. The Kier molecular flexibility index (Phi) is 7.63. The maximum absolute atomic E-state index is 12.1. The van der Waals surface area contributed by atoms with E-state index in [0.29, 0.717) is 11.3 Å². The molecule has 1 aromatic carbocycles. The van der Waals surface area contributed by atoms with Gasteiger partial charge in [-0.2, -0.15) is 0 Å². The van der Waals surface area contributed by atoms with Gasteiger partial charge in [-0.05, 0) is 51.0 Å². The second kappa shape index (κ2) is 9.94. The lowest BCUT2D eigenvalue weighted by atomic mass is 9.95. The van der Waals surface area contributed by atoms with Gasteiger partial charge in [0.15, 0.2) is 11.9 Å². The summed E-state index contributed by atoms with van der Waals surface area (Å²) in [5.41, 5.74) is 0.606. The highest BCUT2D eigenvalue weighted by Crippen LogP contribution is 2.17. The summed E-state index contributed by atoms with van der Waals surface area (Å²) >= 11 is 0. The Morgan fingerprint density at radius 3 is 2.38 bits per heavy atom. The number of ketones is 1. The van der Waals surface area contributed by atoms with Crippen LogP contribution in [0.1, 0.15) is 62.7 Å². The van der Waals surface area contributed by atoms with Crippen LogP contribution in [-0.4, -0.2) is 36.4 Å². The molecule has 6 nitrogen and oxygen atoms in total. The molecule has 0 radical (unpaired) electrons. The Bertz CT molecular complexity index is 620. The van der Waals surface area contributed by atoms with Crippen LogP contribution >= 0.6 is 0 Å². The minimum Gasteiger partial charge on any atom is -0.493 e. The zero-order chi connectivity index (χ0) is 18.9. The molecule has 1 aliphatic carbocycles. The smallest absolute Gasteiger partial charge is 0.310 e. The van der Waals surface area contributed by atoms with E-state index in [1.54, 1.807) is 31.2 Å². The normalized spacial score (nSPS) is 15.8. The maximum atomic E-state index is 12.1. The third-order valence-corrected chi connectivity index (χ3v) is 4.46. The first-order chi connectivity index (χ1) is 12.5. The van der Waals surface area contributed by atoms with Crippen molar-refractivity contribution in [2.75, 3.05) is 6.61 Å². The average Bonchev–Trinajstić information content (AvgIpc) is 2.63. The average molecular weight is 361 g/mol. The molecule has 0 aromatic heterocycles. The van der Waals surface area contributed by atoms with Crippen LogP contribution in [0.5, 0.6) is 5.75 Å². The van der Waals surface area contributed by atoms with Crippen molar-refractivity contribution in [1.29, 1.82) is 0 Å². The summed E-state index contributed by atoms with van der Waals surface area (Å²) in [7, 11) is 0. The molecule has 1 aromatic rings. The van der Waals surface area contributed by atoms with Gasteiger partial charge in [0.2, 0.25) is 0 Å². The molecule has 0 bridgehead atoms. The van der Waals surface area contributed by atoms with Gasteiger partial charge in [-0.25, -0.2) is 0 Å². The zero-order valence-corrected chi connectivity index (χ0v) is 15.5. The topological polar surface area (TPSA) is 81.7 Å². The predicted molar refractivity (Wildman–Crippen MR) is 97.1 cm³/mol. The minimum absolute atomic E-state index is 0.0133. The molecule has 0 aliphatic heterocycles. The number of hydrogen-bond acceptors (Lipinski definition) is 5. The van der Waals surface area contributed by atoms with Crippen molar-refractivity contribution in [2.24, 2.45) is 0 Å². The van der Waals surface area contributed by atoms with E-state index in [1.165, 1.54) is 13.3 Å². The Balaban J connectivity index is 1.67. The predicted octanol–water partition coefficient (Wildman–Crippen LogP) is 3.04. The molecule has 0 heterocycles. The molecule has 26 heavy (non-hydrogen) atoms. The van der Waals surface area contributed by atoms with Crippen molar-refractivity contribution in [3.8, 4) is 5.75 Å². The lowest BCUT2D eigenvalue weighted by Gasteiger charge is -2.24. The van der Waals surface area contributed by atoms with Crippen LogP contribution in [0.3, 0.4) is 0 Å². The Morgan fingerprint density at radius 2 is 1.77 bits per heavy atom. The molecule has 1 N–H and O–H groups in total. The number of carbonyl (C=O) groups excluding carboxylic acids is 3. The van der Waals surface area contributed by atoms with Crippen LogP contribution in [-0.2, 0) is 14.3 Å². The molecule has 1 aliphatic rings. The van der Waals surface area contributed by atoms with Crippen LogP contribution in [0.25, 0.3) is 0 Å². The highest BCUT2D eigenvalue weighted by Gasteiger charge is 2.22. The third kappa shape index (κ3) is 6.50. The van der Waals surface area contributed by atoms with Gasteiger partial charge >= 0.3 is 5.97 Å². The number of rotatable bonds is 8. The quantitative estimate of drug-likeness (QED) is 0.568. The summed E-state index contributed by atoms with van der Waals surface area (Å²) in [6.45, 7) is 3.23. The summed E-state index contributed by atoms with van der Waals surface area (Å²) in [5.74, 6) is -0.158. The molecule has 1 unspecified atom stereocenters. The fourth-order valence-electron chi connectivity index (χ4n) is 2.91. The first-order valence-electron chi connectivity index (χ1n) is 9.19. The number of ether oxygens (including phenoxy) is 2. The van der Waals surface area contributed by atoms with E-state index >= 15 is 0 Å². The number of esters is 1. The van der Waals surface area contributed by atoms with Gasteiger partial charge in [0, 0.05) is 11.6 Å². The maximum Gasteiger partial charge on any atom is 0.310 e. The van der Waals surface area contributed by atoms with E-state index in [4.69, 9.17) is 9.47 Å². The first-order valence-corrected chi connectivity index (χ1v) is 9.19. The van der Waals surface area contributed by atoms with Crippen LogP contribution in [0.2, 0.25) is 0 Å². The molecule has 1 fully saturated rings. The van der Waals surface area contributed by atoms with Gasteiger partial charge < -0.3 is 14.8 Å². The Labute approximate surface area is 154 Å². The lowest BCUT2D eigenvalue weighted by Crippen LogP contribution is -2.42. The highest BCUT2D eigenvalue weighted by molar-refractivity contribution is 5.94. The van der Waals surface area contributed by atoms with Crippen LogP contribution in [0.4, 0.5) is 0 Å². The van der Waals surface area contributed by atoms with Crippen molar-refractivity contribution < 1.29 is 23.9 Å². The van der Waals surface area contributed by atoms with Gasteiger partial charge in [-0.15, -0.1) is 0 Å². The van der Waals surface area contributed by atoms with E-state index in [2.05, 4.69) is 5.32 Å². The number of carbonyl (C=O) groups is 3. The minimum atomic E-state index is -0.806. The molecule has 1 atom stereocenters. The summed E-state index contributed by atoms with van der Waals surface area (Å²) in [6, 6.07) is 6.91. The van der Waals surface area contributed by atoms with Crippen LogP contribution < -0.4 is 10.1 Å². The molecule has 142 valence electrons. The molecule has 0 spiro atoms. The fourth-order valence-corrected chi connectivity index (χ4v) is 2.91. The lowest BCUT2D eigenvalue weighted by molar-refractivity contribution is -0.155. The van der Waals surface area contributed by atoms with Crippen molar-refractivity contribution in [3.63, 3.8) is 0 Å². The first kappa shape index (κ1) is 19.9. The molecule has 0 saturated heterocycles. The number of amides is 1. The van der Waals surface area contributed by atoms with E-state index < -0.39 is 12.1 Å². The van der Waals surface area contributed by atoms with Gasteiger partial charge in [0.05, 0.1) is 13.0 Å². The molecule has 1 saturated carbocycles. The highest BCUT2D eigenvalue weighted by atomic mass is 16.5. The van der Waals surface area contributed by atoms with Crippen molar-refractivity contribution in [1.82, 2.24) is 5.32 Å². The third-order valence-electron chi connectivity index (χ3n) is 4.46. The van der Waals surface area contributed by atoms with Crippen molar-refractivity contribution in [3.05, 3.63) is 29.8 Å². The van der Waals surface area contributed by atoms with Gasteiger partial charge in [-0.1, -0.05) is 19.3 Å². The molecule has 2 rings (SSSR count). The van der Waals surface area contributed by atoms with Crippen LogP contribution in [0.15, 0.2) is 24.3 Å². The Morgan fingerprint density at radius 1 is 1.12 bits per heavy atom. The van der Waals surface area contributed by atoms with E-state index in [1.807, 2.05) is 0 Å². The number of Topliss-reactive ketones (excluding diaryl/α,β-unsaturated/α-hetero) is 1. The molecular formula is C20H27NO5. The van der Waals surface area contributed by atoms with E-state index in [-0.39, 0.29) is 30.8 Å².